The molecule has 3 N–H and O–H groups in total. The molecular weight excluding hydrogens is 124 g/mol. The van der Waals surface area contributed by atoms with Gasteiger partial charge in [0.25, 0.3) is 0 Å². The second kappa shape index (κ2) is 2.89. The lowest BCUT2D eigenvalue weighted by Crippen LogP contribution is -2.50. The molecule has 0 aromatic carbocycles. The van der Waals surface area contributed by atoms with Gasteiger partial charge in [0.1, 0.15) is 0 Å². The first-order valence-corrected chi connectivity index (χ1v) is 3.75. The van der Waals surface area contributed by atoms with Gasteiger partial charge in [0.05, 0.1) is 5.66 Å². The third-order valence-corrected chi connectivity index (χ3v) is 1.07. The first kappa shape index (κ1) is 9.92. The largest absolute Gasteiger partial charge is 0.314 e. The Kier molecular flexibility index (Phi) is 2.86. The van der Waals surface area contributed by atoms with E-state index in [0.29, 0.717) is 5.41 Å². The van der Waals surface area contributed by atoms with E-state index in [1.807, 2.05) is 13.8 Å². The Hall–Kier alpha value is -0.0800. The summed E-state index contributed by atoms with van der Waals surface area (Å²) in [6.45, 7) is 11.5. The third kappa shape index (κ3) is 7.92. The predicted molar refractivity (Wildman–Crippen MR) is 45.7 cm³/mol. The van der Waals surface area contributed by atoms with Crippen LogP contribution in [0.25, 0.3) is 0 Å². The van der Waals surface area contributed by atoms with E-state index >= 15 is 0 Å². The molecule has 0 spiro atoms. The normalized spacial score (nSPS) is 13.8. The van der Waals surface area contributed by atoms with E-state index in [0.717, 1.165) is 6.54 Å². The summed E-state index contributed by atoms with van der Waals surface area (Å²) < 4.78 is 0. The van der Waals surface area contributed by atoms with Crippen molar-refractivity contribution >= 4 is 0 Å². The highest BCUT2D eigenvalue weighted by Crippen LogP contribution is 2.11. The van der Waals surface area contributed by atoms with Crippen molar-refractivity contribution in [3.63, 3.8) is 0 Å². The summed E-state index contributed by atoms with van der Waals surface area (Å²) in [5.41, 5.74) is 5.80. The van der Waals surface area contributed by atoms with E-state index in [1.54, 1.807) is 0 Å². The Morgan fingerprint density at radius 3 is 1.60 bits per heavy atom. The molecule has 0 rings (SSSR count). The van der Waals surface area contributed by atoms with Gasteiger partial charge in [0, 0.05) is 6.54 Å². The SMILES string of the molecule is CC(C)(C)CNC(C)(C)N. The summed E-state index contributed by atoms with van der Waals surface area (Å²) in [4.78, 5) is 0. The molecule has 0 aliphatic rings. The van der Waals surface area contributed by atoms with Crippen LogP contribution in [0.5, 0.6) is 0 Å². The average molecular weight is 144 g/mol. The van der Waals surface area contributed by atoms with Crippen molar-refractivity contribution in [2.75, 3.05) is 6.54 Å². The molecule has 0 saturated heterocycles. The molecular formula is C8H20N2. The topological polar surface area (TPSA) is 38.0 Å². The standard InChI is InChI=1S/C8H20N2/c1-7(2,3)6-10-8(4,5)9/h10H,6,9H2,1-5H3. The van der Waals surface area contributed by atoms with Crippen LogP contribution in [-0.4, -0.2) is 12.2 Å². The molecule has 10 heavy (non-hydrogen) atoms. The Morgan fingerprint density at radius 1 is 1.10 bits per heavy atom. The predicted octanol–water partition coefficient (Wildman–Crippen LogP) is 1.32. The fourth-order valence-corrected chi connectivity index (χ4v) is 0.493. The van der Waals surface area contributed by atoms with Crippen LogP contribution in [0.3, 0.4) is 0 Å². The van der Waals surface area contributed by atoms with E-state index in [4.69, 9.17) is 5.73 Å². The van der Waals surface area contributed by atoms with Gasteiger partial charge >= 0.3 is 0 Å². The van der Waals surface area contributed by atoms with Crippen LogP contribution in [0.2, 0.25) is 0 Å². The summed E-state index contributed by atoms with van der Waals surface area (Å²) in [5, 5.41) is 3.24. The molecule has 62 valence electrons. The van der Waals surface area contributed by atoms with Gasteiger partial charge in [0.2, 0.25) is 0 Å². The lowest BCUT2D eigenvalue weighted by atomic mass is 9.96. The molecule has 0 aliphatic heterocycles. The van der Waals surface area contributed by atoms with Crippen molar-refractivity contribution in [3.8, 4) is 0 Å². The van der Waals surface area contributed by atoms with Crippen LogP contribution in [0, 0.1) is 5.41 Å². The second-order valence-corrected chi connectivity index (χ2v) is 4.64. The van der Waals surface area contributed by atoms with E-state index in [9.17, 15) is 0 Å². The van der Waals surface area contributed by atoms with Gasteiger partial charge in [-0.2, -0.15) is 0 Å². The van der Waals surface area contributed by atoms with Gasteiger partial charge in [-0.05, 0) is 19.3 Å². The number of rotatable bonds is 2. The van der Waals surface area contributed by atoms with Crippen LogP contribution < -0.4 is 11.1 Å². The summed E-state index contributed by atoms with van der Waals surface area (Å²) in [5.74, 6) is 0. The van der Waals surface area contributed by atoms with Crippen LogP contribution >= 0.6 is 0 Å². The molecule has 0 amide bonds. The Balaban J connectivity index is 3.56. The van der Waals surface area contributed by atoms with Crippen molar-refractivity contribution in [1.82, 2.24) is 5.32 Å². The molecule has 0 fully saturated rings. The second-order valence-electron chi connectivity index (χ2n) is 4.64. The Bertz CT molecular complexity index is 80.8. The highest BCUT2D eigenvalue weighted by atomic mass is 15.1. The third-order valence-electron chi connectivity index (χ3n) is 1.07. The van der Waals surface area contributed by atoms with Gasteiger partial charge in [-0.3, -0.25) is 5.32 Å². The molecule has 0 radical (unpaired) electrons. The van der Waals surface area contributed by atoms with Crippen LogP contribution in [-0.2, 0) is 0 Å². The van der Waals surface area contributed by atoms with Crippen molar-refractivity contribution in [1.29, 1.82) is 0 Å². The molecule has 0 heterocycles. The van der Waals surface area contributed by atoms with Crippen LogP contribution in [0.4, 0.5) is 0 Å². The number of hydrogen-bond donors (Lipinski definition) is 2. The smallest absolute Gasteiger partial charge is 0.0604 e. The molecule has 2 nitrogen and oxygen atoms in total. The van der Waals surface area contributed by atoms with Crippen molar-refractivity contribution in [3.05, 3.63) is 0 Å². The maximum atomic E-state index is 5.73. The number of nitrogens with two attached hydrogens (primary N) is 1. The molecule has 0 saturated carbocycles. The van der Waals surface area contributed by atoms with Crippen molar-refractivity contribution in [2.45, 2.75) is 40.3 Å². The van der Waals surface area contributed by atoms with Crippen LogP contribution in [0.1, 0.15) is 34.6 Å². The molecule has 0 aromatic heterocycles. The zero-order valence-corrected chi connectivity index (χ0v) is 7.78. The first-order valence-electron chi connectivity index (χ1n) is 3.75. The fourth-order valence-electron chi connectivity index (χ4n) is 0.493. The summed E-state index contributed by atoms with van der Waals surface area (Å²) in [6, 6.07) is 0. The monoisotopic (exact) mass is 144 g/mol. The lowest BCUT2D eigenvalue weighted by molar-refractivity contribution is 0.305. The van der Waals surface area contributed by atoms with Gasteiger partial charge in [-0.25, -0.2) is 0 Å². The number of hydrogen-bond acceptors (Lipinski definition) is 2. The molecule has 0 aliphatic carbocycles. The minimum Gasteiger partial charge on any atom is -0.314 e. The molecule has 0 aromatic rings. The number of nitrogens with one attached hydrogen (secondary N) is 1. The highest BCUT2D eigenvalue weighted by molar-refractivity contribution is 4.73. The van der Waals surface area contributed by atoms with Gasteiger partial charge in [0.15, 0.2) is 0 Å². The van der Waals surface area contributed by atoms with Gasteiger partial charge in [-0.1, -0.05) is 20.8 Å². The van der Waals surface area contributed by atoms with Crippen molar-refractivity contribution < 1.29 is 0 Å². The summed E-state index contributed by atoms with van der Waals surface area (Å²) in [6.07, 6.45) is 0. The Labute approximate surface area is 64.2 Å². The minimum atomic E-state index is -0.243. The van der Waals surface area contributed by atoms with E-state index < -0.39 is 0 Å². The molecule has 0 unspecified atom stereocenters. The lowest BCUT2D eigenvalue weighted by Gasteiger charge is -2.27. The zero-order valence-electron chi connectivity index (χ0n) is 7.78. The molecule has 2 heteroatoms. The van der Waals surface area contributed by atoms with E-state index in [1.165, 1.54) is 0 Å². The highest BCUT2D eigenvalue weighted by Gasteiger charge is 2.15. The average Bonchev–Trinajstić information content (AvgIpc) is 1.57. The minimum absolute atomic E-state index is 0.243. The van der Waals surface area contributed by atoms with E-state index in [2.05, 4.69) is 26.1 Å². The van der Waals surface area contributed by atoms with E-state index in [-0.39, 0.29) is 5.66 Å². The van der Waals surface area contributed by atoms with Crippen molar-refractivity contribution in [2.24, 2.45) is 11.1 Å². The molecule has 0 atom stereocenters. The maximum absolute atomic E-state index is 5.73. The quantitative estimate of drug-likeness (QED) is 0.574. The fraction of sp³-hybridized carbons (Fsp3) is 1.00. The van der Waals surface area contributed by atoms with Gasteiger partial charge in [-0.15, -0.1) is 0 Å². The summed E-state index contributed by atoms with van der Waals surface area (Å²) in [7, 11) is 0. The zero-order chi connectivity index (χ0) is 8.41. The summed E-state index contributed by atoms with van der Waals surface area (Å²) >= 11 is 0. The van der Waals surface area contributed by atoms with Gasteiger partial charge < -0.3 is 5.73 Å². The molecule has 0 bridgehead atoms. The Morgan fingerprint density at radius 2 is 1.50 bits per heavy atom. The maximum Gasteiger partial charge on any atom is 0.0604 e. The first-order chi connectivity index (χ1) is 4.21. The van der Waals surface area contributed by atoms with Crippen LogP contribution in [0.15, 0.2) is 0 Å².